The molecule has 0 aromatic heterocycles. The van der Waals surface area contributed by atoms with Gasteiger partial charge in [-0.1, -0.05) is 5.16 Å². The Bertz CT molecular complexity index is 192. The van der Waals surface area contributed by atoms with Crippen LogP contribution in [0.1, 0.15) is 20.8 Å². The number of hydrogen-bond acceptors (Lipinski definition) is 3. The van der Waals surface area contributed by atoms with Gasteiger partial charge in [-0.15, -0.1) is 0 Å². The number of allylic oxidation sites excluding steroid dienone is 2. The molecule has 0 heterocycles. The number of hydrogen-bond donors (Lipinski definition) is 1. The van der Waals surface area contributed by atoms with Gasteiger partial charge in [-0.3, -0.25) is 4.79 Å². The molecule has 1 N–H and O–H groups in total. The quantitative estimate of drug-likeness (QED) is 0.273. The number of ketones is 1. The van der Waals surface area contributed by atoms with Crippen molar-refractivity contribution in [3.05, 3.63) is 11.6 Å². The zero-order valence-corrected chi connectivity index (χ0v) is 6.38. The highest BCUT2D eigenvalue weighted by Gasteiger charge is 1.95. The van der Waals surface area contributed by atoms with Crippen LogP contribution in [-0.4, -0.2) is 16.7 Å². The summed E-state index contributed by atoms with van der Waals surface area (Å²) in [5.41, 5.74) is 1.16. The van der Waals surface area contributed by atoms with Gasteiger partial charge < -0.3 is 5.21 Å². The zero-order chi connectivity index (χ0) is 8.15. The van der Waals surface area contributed by atoms with E-state index in [1.54, 1.807) is 13.8 Å². The maximum atomic E-state index is 10.5. The van der Waals surface area contributed by atoms with Crippen LogP contribution >= 0.6 is 0 Å². The fourth-order valence-electron chi connectivity index (χ4n) is 0.488. The lowest BCUT2D eigenvalue weighted by Crippen LogP contribution is -1.95. The summed E-state index contributed by atoms with van der Waals surface area (Å²) in [6.07, 6.45) is 1.43. The normalized spacial score (nSPS) is 13.5. The van der Waals surface area contributed by atoms with Gasteiger partial charge in [0.05, 0.1) is 5.71 Å². The second kappa shape index (κ2) is 3.82. The minimum atomic E-state index is -0.0412. The summed E-state index contributed by atoms with van der Waals surface area (Å²) >= 11 is 0. The van der Waals surface area contributed by atoms with Gasteiger partial charge in [-0.25, -0.2) is 0 Å². The second-order valence-corrected chi connectivity index (χ2v) is 2.12. The van der Waals surface area contributed by atoms with E-state index < -0.39 is 0 Å². The van der Waals surface area contributed by atoms with Gasteiger partial charge in [0, 0.05) is 0 Å². The summed E-state index contributed by atoms with van der Waals surface area (Å²) in [7, 11) is 0. The smallest absolute Gasteiger partial charge is 0.152 e. The standard InChI is InChI=1S/C7H11NO2/c1-5(4-6(2)9)7(3)8-10/h4,10H,1-3H3. The van der Waals surface area contributed by atoms with E-state index in [4.69, 9.17) is 5.21 Å². The molecule has 56 valence electrons. The van der Waals surface area contributed by atoms with Crippen molar-refractivity contribution in [3.63, 3.8) is 0 Å². The van der Waals surface area contributed by atoms with Crippen LogP contribution in [0, 0.1) is 0 Å². The predicted molar refractivity (Wildman–Crippen MR) is 39.3 cm³/mol. The summed E-state index contributed by atoms with van der Waals surface area (Å²) < 4.78 is 0. The molecule has 0 spiro atoms. The maximum absolute atomic E-state index is 10.5. The molecule has 0 aliphatic carbocycles. The fourth-order valence-corrected chi connectivity index (χ4v) is 0.488. The molecule has 0 radical (unpaired) electrons. The SMILES string of the molecule is CC(=O)C=C(C)C(C)=NO. The van der Waals surface area contributed by atoms with Crippen LogP contribution in [0.5, 0.6) is 0 Å². The molecule has 3 nitrogen and oxygen atoms in total. The van der Waals surface area contributed by atoms with E-state index in [1.165, 1.54) is 13.0 Å². The highest BCUT2D eigenvalue weighted by atomic mass is 16.4. The van der Waals surface area contributed by atoms with Gasteiger partial charge in [0.25, 0.3) is 0 Å². The monoisotopic (exact) mass is 141 g/mol. The van der Waals surface area contributed by atoms with E-state index in [0.717, 1.165) is 0 Å². The predicted octanol–water partition coefficient (Wildman–Crippen LogP) is 1.37. The first-order valence-electron chi connectivity index (χ1n) is 2.96. The van der Waals surface area contributed by atoms with Gasteiger partial charge in [-0.05, 0) is 32.4 Å². The Morgan fingerprint density at radius 3 is 2.20 bits per heavy atom. The van der Waals surface area contributed by atoms with Gasteiger partial charge in [-0.2, -0.15) is 0 Å². The van der Waals surface area contributed by atoms with Gasteiger partial charge in [0.1, 0.15) is 0 Å². The third-order valence-corrected chi connectivity index (χ3v) is 1.14. The van der Waals surface area contributed by atoms with Crippen molar-refractivity contribution in [2.75, 3.05) is 0 Å². The first kappa shape index (κ1) is 8.88. The Kier molecular flexibility index (Phi) is 3.39. The van der Waals surface area contributed by atoms with Crippen LogP contribution < -0.4 is 0 Å². The van der Waals surface area contributed by atoms with Gasteiger partial charge in [0.2, 0.25) is 0 Å². The zero-order valence-electron chi connectivity index (χ0n) is 6.38. The molecule has 0 amide bonds. The van der Waals surface area contributed by atoms with Crippen molar-refractivity contribution < 1.29 is 10.0 Å². The van der Waals surface area contributed by atoms with Gasteiger partial charge in [0.15, 0.2) is 5.78 Å². The van der Waals surface area contributed by atoms with Crippen molar-refractivity contribution in [1.82, 2.24) is 0 Å². The van der Waals surface area contributed by atoms with Crippen molar-refractivity contribution in [3.8, 4) is 0 Å². The molecule has 10 heavy (non-hydrogen) atoms. The van der Waals surface area contributed by atoms with Crippen molar-refractivity contribution in [1.29, 1.82) is 0 Å². The summed E-state index contributed by atoms with van der Waals surface area (Å²) in [6.45, 7) is 4.80. The van der Waals surface area contributed by atoms with E-state index in [9.17, 15) is 4.79 Å². The van der Waals surface area contributed by atoms with Crippen molar-refractivity contribution in [2.45, 2.75) is 20.8 Å². The lowest BCUT2D eigenvalue weighted by atomic mass is 10.2. The van der Waals surface area contributed by atoms with E-state index in [-0.39, 0.29) is 5.78 Å². The summed E-state index contributed by atoms with van der Waals surface area (Å²) in [6, 6.07) is 0. The molecule has 0 aliphatic rings. The molecule has 0 aromatic rings. The van der Waals surface area contributed by atoms with E-state index in [1.807, 2.05) is 0 Å². The maximum Gasteiger partial charge on any atom is 0.152 e. The Hall–Kier alpha value is -1.12. The molecule has 0 saturated heterocycles. The highest BCUT2D eigenvalue weighted by Crippen LogP contribution is 1.95. The number of carbonyl (C=O) groups is 1. The number of oxime groups is 1. The van der Waals surface area contributed by atoms with Crippen molar-refractivity contribution >= 4 is 11.5 Å². The number of carbonyl (C=O) groups excluding carboxylic acids is 1. The fraction of sp³-hybridized carbons (Fsp3) is 0.429. The molecule has 0 aromatic carbocycles. The molecule has 0 aliphatic heterocycles. The molecule has 0 fully saturated rings. The minimum Gasteiger partial charge on any atom is -0.411 e. The lowest BCUT2D eigenvalue weighted by molar-refractivity contribution is -0.112. The van der Waals surface area contributed by atoms with Crippen LogP contribution in [0.15, 0.2) is 16.8 Å². The minimum absolute atomic E-state index is 0.0412. The second-order valence-electron chi connectivity index (χ2n) is 2.12. The molecule has 0 saturated carbocycles. The topological polar surface area (TPSA) is 49.7 Å². The van der Waals surface area contributed by atoms with Crippen LogP contribution in [0.2, 0.25) is 0 Å². The molecule has 0 atom stereocenters. The lowest BCUT2D eigenvalue weighted by Gasteiger charge is -1.93. The number of rotatable bonds is 2. The largest absolute Gasteiger partial charge is 0.411 e. The Morgan fingerprint density at radius 1 is 1.40 bits per heavy atom. The summed E-state index contributed by atoms with van der Waals surface area (Å²) in [5, 5.41) is 11.2. The summed E-state index contributed by atoms with van der Waals surface area (Å²) in [5.74, 6) is -0.0412. The van der Waals surface area contributed by atoms with E-state index >= 15 is 0 Å². The van der Waals surface area contributed by atoms with Crippen LogP contribution in [0.4, 0.5) is 0 Å². The van der Waals surface area contributed by atoms with E-state index in [2.05, 4.69) is 5.16 Å². The molecular weight excluding hydrogens is 130 g/mol. The van der Waals surface area contributed by atoms with Crippen LogP contribution in [0.25, 0.3) is 0 Å². The average Bonchev–Trinajstić information content (AvgIpc) is 1.85. The molecule has 3 heteroatoms. The van der Waals surface area contributed by atoms with Crippen LogP contribution in [0.3, 0.4) is 0 Å². The van der Waals surface area contributed by atoms with Crippen molar-refractivity contribution in [2.24, 2.45) is 5.16 Å². The van der Waals surface area contributed by atoms with E-state index in [0.29, 0.717) is 11.3 Å². The number of nitrogens with zero attached hydrogens (tertiary/aromatic N) is 1. The Balaban J connectivity index is 4.35. The third-order valence-electron chi connectivity index (χ3n) is 1.14. The Morgan fingerprint density at radius 2 is 1.90 bits per heavy atom. The molecular formula is C7H11NO2. The molecule has 0 bridgehead atoms. The highest BCUT2D eigenvalue weighted by molar-refractivity contribution is 6.03. The molecule has 0 unspecified atom stereocenters. The first-order chi connectivity index (χ1) is 4.57. The molecule has 0 rings (SSSR count). The van der Waals surface area contributed by atoms with Gasteiger partial charge >= 0.3 is 0 Å². The third kappa shape index (κ3) is 3.02. The first-order valence-corrected chi connectivity index (χ1v) is 2.96. The average molecular weight is 141 g/mol. The Labute approximate surface area is 60.0 Å². The summed E-state index contributed by atoms with van der Waals surface area (Å²) in [4.78, 5) is 10.5. The van der Waals surface area contributed by atoms with Crippen LogP contribution in [-0.2, 0) is 4.79 Å².